The van der Waals surface area contributed by atoms with E-state index in [0.29, 0.717) is 29.3 Å². The predicted molar refractivity (Wildman–Crippen MR) is 89.5 cm³/mol. The first-order valence-electron chi connectivity index (χ1n) is 7.90. The largest absolute Gasteiger partial charge is 0.497 e. The van der Waals surface area contributed by atoms with E-state index in [9.17, 15) is 19.8 Å². The second-order valence-corrected chi connectivity index (χ2v) is 5.95. The summed E-state index contributed by atoms with van der Waals surface area (Å²) in [5.41, 5.74) is 1.96. The number of ether oxygens (including phenoxy) is 2. The van der Waals surface area contributed by atoms with Gasteiger partial charge in [0.25, 0.3) is 0 Å². The van der Waals surface area contributed by atoms with Crippen LogP contribution in [0.15, 0.2) is 18.5 Å². The van der Waals surface area contributed by atoms with Crippen molar-refractivity contribution in [2.75, 3.05) is 14.2 Å². The van der Waals surface area contributed by atoms with Crippen LogP contribution in [0.2, 0.25) is 0 Å². The molecule has 0 saturated carbocycles. The first kappa shape index (κ1) is 17.7. The van der Waals surface area contributed by atoms with Crippen LogP contribution >= 0.6 is 0 Å². The normalized spacial score (nSPS) is 16.8. The van der Waals surface area contributed by atoms with Gasteiger partial charge in [0.05, 0.1) is 37.5 Å². The van der Waals surface area contributed by atoms with Crippen LogP contribution in [0.25, 0.3) is 0 Å². The number of rotatable bonds is 6. The van der Waals surface area contributed by atoms with Crippen LogP contribution in [0.5, 0.6) is 11.5 Å². The molecule has 2 aromatic rings. The molecule has 1 aromatic heterocycles. The lowest BCUT2D eigenvalue weighted by atomic mass is 9.99. The average molecular weight is 361 g/mol. The fourth-order valence-electron chi connectivity index (χ4n) is 3.17. The SMILES string of the molecule is COc1cc(OC)c(CN2Cc3[nH]cnc3C[C@@H]2C(=O)O)c(C(=O)O)c1. The van der Waals surface area contributed by atoms with Crippen molar-refractivity contribution in [1.82, 2.24) is 14.9 Å². The molecule has 0 unspecified atom stereocenters. The molecule has 0 aliphatic carbocycles. The number of carboxylic acid groups (broad SMARTS) is 2. The van der Waals surface area contributed by atoms with Crippen LogP contribution in [-0.4, -0.2) is 57.3 Å². The van der Waals surface area contributed by atoms with Gasteiger partial charge in [-0.15, -0.1) is 0 Å². The molecule has 0 fully saturated rings. The van der Waals surface area contributed by atoms with Crippen molar-refractivity contribution in [3.8, 4) is 11.5 Å². The number of aromatic carboxylic acids is 1. The summed E-state index contributed by atoms with van der Waals surface area (Å²) < 4.78 is 10.5. The van der Waals surface area contributed by atoms with Gasteiger partial charge in [-0.25, -0.2) is 9.78 Å². The monoisotopic (exact) mass is 361 g/mol. The van der Waals surface area contributed by atoms with Gasteiger partial charge in [-0.3, -0.25) is 9.69 Å². The third-order valence-electron chi connectivity index (χ3n) is 4.51. The fraction of sp³-hybridized carbons (Fsp3) is 0.353. The molecular formula is C17H19N3O6. The molecule has 0 spiro atoms. The first-order valence-corrected chi connectivity index (χ1v) is 7.90. The molecular weight excluding hydrogens is 342 g/mol. The zero-order chi connectivity index (χ0) is 18.8. The maximum Gasteiger partial charge on any atom is 0.336 e. The smallest absolute Gasteiger partial charge is 0.336 e. The number of aromatic nitrogens is 2. The van der Waals surface area contributed by atoms with Crippen molar-refractivity contribution in [3.05, 3.63) is 41.0 Å². The lowest BCUT2D eigenvalue weighted by Gasteiger charge is -2.33. The molecule has 0 saturated heterocycles. The highest BCUT2D eigenvalue weighted by atomic mass is 16.5. The number of nitrogens with one attached hydrogen (secondary N) is 1. The van der Waals surface area contributed by atoms with E-state index in [1.807, 2.05) is 0 Å². The molecule has 26 heavy (non-hydrogen) atoms. The Morgan fingerprint density at radius 1 is 1.31 bits per heavy atom. The van der Waals surface area contributed by atoms with Gasteiger partial charge in [-0.1, -0.05) is 0 Å². The molecule has 0 amide bonds. The number of fused-ring (bicyclic) bond motifs is 1. The van der Waals surface area contributed by atoms with Crippen LogP contribution in [-0.2, 0) is 24.3 Å². The number of benzene rings is 1. The molecule has 0 bridgehead atoms. The molecule has 9 heteroatoms. The Balaban J connectivity index is 2.01. The van der Waals surface area contributed by atoms with Gasteiger partial charge in [-0.05, 0) is 6.07 Å². The van der Waals surface area contributed by atoms with Crippen molar-refractivity contribution in [2.45, 2.75) is 25.6 Å². The minimum absolute atomic E-state index is 0.0146. The Labute approximate surface area is 149 Å². The standard InChI is InChI=1S/C17H19N3O6/c1-25-9-3-10(16(21)22)11(15(4-9)26-2)6-20-7-13-12(18-8-19-13)5-14(20)17(23)24/h3-4,8,14H,5-7H2,1-2H3,(H,18,19)(H,21,22)(H,23,24)/t14-/m1/s1. The van der Waals surface area contributed by atoms with E-state index in [1.54, 1.807) is 11.0 Å². The van der Waals surface area contributed by atoms with Crippen LogP contribution in [0.4, 0.5) is 0 Å². The van der Waals surface area contributed by atoms with Crippen molar-refractivity contribution < 1.29 is 29.3 Å². The molecule has 1 aromatic carbocycles. The lowest BCUT2D eigenvalue weighted by Crippen LogP contribution is -2.45. The van der Waals surface area contributed by atoms with Gasteiger partial charge >= 0.3 is 11.9 Å². The zero-order valence-corrected chi connectivity index (χ0v) is 14.4. The summed E-state index contributed by atoms with van der Waals surface area (Å²) in [4.78, 5) is 32.3. The number of carboxylic acids is 2. The highest BCUT2D eigenvalue weighted by molar-refractivity contribution is 5.91. The number of H-pyrrole nitrogens is 1. The number of carbonyl (C=O) groups is 2. The highest BCUT2D eigenvalue weighted by Gasteiger charge is 2.34. The van der Waals surface area contributed by atoms with E-state index in [2.05, 4.69) is 9.97 Å². The maximum absolute atomic E-state index is 11.7. The van der Waals surface area contributed by atoms with Gasteiger partial charge in [0.1, 0.15) is 17.5 Å². The molecule has 1 atom stereocenters. The van der Waals surface area contributed by atoms with Crippen LogP contribution in [0.1, 0.15) is 27.3 Å². The lowest BCUT2D eigenvalue weighted by molar-refractivity contribution is -0.144. The van der Waals surface area contributed by atoms with Crippen molar-refractivity contribution in [1.29, 1.82) is 0 Å². The number of aromatic amines is 1. The Morgan fingerprint density at radius 2 is 2.08 bits per heavy atom. The van der Waals surface area contributed by atoms with Gasteiger partial charge < -0.3 is 24.7 Å². The topological polar surface area (TPSA) is 125 Å². The molecule has 3 rings (SSSR count). The quantitative estimate of drug-likeness (QED) is 0.699. The van der Waals surface area contributed by atoms with E-state index in [1.165, 1.54) is 26.6 Å². The summed E-state index contributed by atoms with van der Waals surface area (Å²) in [5.74, 6) is -1.43. The average Bonchev–Trinajstić information content (AvgIpc) is 3.08. The summed E-state index contributed by atoms with van der Waals surface area (Å²) in [6.45, 7) is 0.421. The van der Waals surface area contributed by atoms with E-state index in [-0.39, 0.29) is 18.5 Å². The van der Waals surface area contributed by atoms with E-state index in [4.69, 9.17) is 9.47 Å². The van der Waals surface area contributed by atoms with Crippen molar-refractivity contribution >= 4 is 11.9 Å². The molecule has 0 radical (unpaired) electrons. The van der Waals surface area contributed by atoms with Gasteiger partial charge in [0.15, 0.2) is 0 Å². The number of methoxy groups -OCH3 is 2. The molecule has 138 valence electrons. The molecule has 9 nitrogen and oxygen atoms in total. The summed E-state index contributed by atoms with van der Waals surface area (Å²) in [6, 6.07) is 2.18. The van der Waals surface area contributed by atoms with Gasteiger partial charge in [0, 0.05) is 31.1 Å². The second-order valence-electron chi connectivity index (χ2n) is 5.95. The van der Waals surface area contributed by atoms with Crippen LogP contribution in [0.3, 0.4) is 0 Å². The fourth-order valence-corrected chi connectivity index (χ4v) is 3.17. The van der Waals surface area contributed by atoms with Gasteiger partial charge in [0.2, 0.25) is 0 Å². The van der Waals surface area contributed by atoms with Crippen LogP contribution < -0.4 is 9.47 Å². The Hall–Kier alpha value is -3.07. The zero-order valence-electron chi connectivity index (χ0n) is 14.4. The van der Waals surface area contributed by atoms with Gasteiger partial charge in [-0.2, -0.15) is 0 Å². The number of aliphatic carboxylic acids is 1. The Bertz CT molecular complexity index is 847. The number of hydrogen-bond acceptors (Lipinski definition) is 6. The van der Waals surface area contributed by atoms with E-state index < -0.39 is 18.0 Å². The Kier molecular flexibility index (Phi) is 4.81. The number of imidazole rings is 1. The predicted octanol–water partition coefficient (Wildman–Crippen LogP) is 1.14. The van der Waals surface area contributed by atoms with Crippen molar-refractivity contribution in [3.63, 3.8) is 0 Å². The first-order chi connectivity index (χ1) is 12.4. The third kappa shape index (κ3) is 3.21. The minimum Gasteiger partial charge on any atom is -0.497 e. The molecule has 3 N–H and O–H groups in total. The minimum atomic E-state index is -1.14. The van der Waals surface area contributed by atoms with E-state index in [0.717, 1.165) is 5.69 Å². The molecule has 1 aliphatic heterocycles. The summed E-state index contributed by atoms with van der Waals surface area (Å²) >= 11 is 0. The maximum atomic E-state index is 11.7. The van der Waals surface area contributed by atoms with E-state index >= 15 is 0 Å². The highest BCUT2D eigenvalue weighted by Crippen LogP contribution is 2.32. The van der Waals surface area contributed by atoms with Crippen LogP contribution in [0, 0.1) is 0 Å². The second kappa shape index (κ2) is 7.04. The third-order valence-corrected chi connectivity index (χ3v) is 4.51. The molecule has 1 aliphatic rings. The summed E-state index contributed by atoms with van der Waals surface area (Å²) in [5, 5.41) is 19.2. The molecule has 2 heterocycles. The number of hydrogen-bond donors (Lipinski definition) is 3. The summed E-state index contributed by atoms with van der Waals surface area (Å²) in [6.07, 6.45) is 1.78. The summed E-state index contributed by atoms with van der Waals surface area (Å²) in [7, 11) is 2.87. The Morgan fingerprint density at radius 3 is 2.69 bits per heavy atom. The number of nitrogens with zero attached hydrogens (tertiary/aromatic N) is 2. The van der Waals surface area contributed by atoms with Crippen molar-refractivity contribution in [2.24, 2.45) is 0 Å².